The number of hydrogen-bond acceptors (Lipinski definition) is 14. The molecule has 0 aliphatic rings. The molecule has 0 aromatic heterocycles. The summed E-state index contributed by atoms with van der Waals surface area (Å²) in [7, 11) is -11.2. The molecule has 0 saturated heterocycles. The van der Waals surface area contributed by atoms with Crippen LogP contribution in [0.4, 0.5) is 191 Å². The van der Waals surface area contributed by atoms with E-state index in [0.717, 1.165) is 24.3 Å². The number of aryl methyl sites for hydroxylation is 2. The Morgan fingerprint density at radius 1 is 0.383 bits per heavy atom. The first-order chi connectivity index (χ1) is 47.6. The molecule has 20 nitrogen and oxygen atoms in total. The summed E-state index contributed by atoms with van der Waals surface area (Å²) >= 11 is 0. The van der Waals surface area contributed by atoms with Crippen molar-refractivity contribution < 1.29 is 214 Å². The Kier molecular flexibility index (Phi) is 28.8. The summed E-state index contributed by atoms with van der Waals surface area (Å²) in [5, 5.41) is 8.41. The number of hydrogen-bond donors (Lipinski definition) is 6. The van der Waals surface area contributed by atoms with Crippen LogP contribution in [0, 0.1) is 19.3 Å². The molecule has 0 bridgehead atoms. The van der Waals surface area contributed by atoms with Crippen LogP contribution in [-0.2, 0) is 48.5 Å². The molecule has 2 rings (SSSR count). The van der Waals surface area contributed by atoms with E-state index in [0.29, 0.717) is 6.08 Å². The number of sulfonamides is 2. The molecule has 6 N–H and O–H groups in total. The van der Waals surface area contributed by atoms with Gasteiger partial charge in [0.2, 0.25) is 20.0 Å². The highest BCUT2D eigenvalue weighted by molar-refractivity contribution is 7.89. The number of rotatable bonds is 38. The topological polar surface area (TPSA) is 272 Å². The molecule has 0 aliphatic heterocycles. The molecule has 0 spiro atoms. The number of amides is 4. The van der Waals surface area contributed by atoms with Crippen molar-refractivity contribution in [3.63, 3.8) is 0 Å². The SMILES string of the molecule is C=CC(=O)OCC(CC)(COC(=O)Nc1cc(NC(=O)OCCNS(=O)(=O)CCC(F)(F)C(F)(F)C(F)(F)C(F)(F)C(F)(F)C(F)(F)C(F)(F)C(F)(F)F)ccc1C)COC(=O)Nc1cc(NC(=O)OCCNS(=O)(=O)CCC(F)(F)C(F)(F)C(F)(F)C(F)(F)C(F)(F)C(F)(F)C(F)(F)C(F)(F)F)ccc1C. The van der Waals surface area contributed by atoms with Crippen LogP contribution < -0.4 is 30.7 Å². The maximum Gasteiger partial charge on any atom is 0.460 e. The molecule has 107 heavy (non-hydrogen) atoms. The van der Waals surface area contributed by atoms with Crippen molar-refractivity contribution in [1.82, 2.24) is 9.44 Å². The summed E-state index contributed by atoms with van der Waals surface area (Å²) in [5.74, 6) is -124. The van der Waals surface area contributed by atoms with Crippen molar-refractivity contribution in [2.24, 2.45) is 5.41 Å². The predicted octanol–water partition coefficient (Wildman–Crippen LogP) is 15.0. The van der Waals surface area contributed by atoms with Crippen molar-refractivity contribution in [2.45, 2.75) is 135 Å². The number of carbonyl (C=O) groups is 5. The second-order valence-corrected chi connectivity index (χ2v) is 25.7. The van der Waals surface area contributed by atoms with Gasteiger partial charge < -0.3 is 23.7 Å². The predicted molar refractivity (Wildman–Crippen MR) is 290 cm³/mol. The first-order valence-electron chi connectivity index (χ1n) is 27.8. The normalized spacial score (nSPS) is 14.4. The quantitative estimate of drug-likeness (QED) is 0.0120. The molecule has 2 aromatic carbocycles. The standard InChI is InChI=1S/C51H48F34N6O14S2/c1-5-30(92)103-21-35(6-2,22-104-33(95)90-28-19-26(9-7-24(28)3)88-31(93)101-15-13-86-106(97,98)17-11-36(52,53)38(56,57)40(60,61)42(64,65)44(68,69)46(72,73)48(76,77)50(80,81)82)23-105-34(96)91-29-20-27(10-8-25(29)4)89-32(94)102-16-14-87-107(99,100)18-12-37(54,55)39(58,59)41(62,63)43(66,67)45(70,71)47(74,75)49(78,79)51(83,84)85/h5,7-10,19-20,86-87H,1,6,11-18,21-23H2,2-4H3,(H,88,93)(H,89,94)(H,90,95)(H,91,96). The largest absolute Gasteiger partial charge is 0.462 e. The van der Waals surface area contributed by atoms with Crippen LogP contribution in [0.5, 0.6) is 0 Å². The maximum absolute atomic E-state index is 14.3. The monoisotopic (exact) mass is 1680 g/mol. The molecular weight excluding hydrogens is 1630 g/mol. The molecule has 0 saturated carbocycles. The molecule has 0 fully saturated rings. The van der Waals surface area contributed by atoms with E-state index in [1.807, 2.05) is 10.6 Å². The van der Waals surface area contributed by atoms with Crippen molar-refractivity contribution in [2.75, 3.05) is 78.9 Å². The average Bonchev–Trinajstić information content (AvgIpc) is 0.701. The van der Waals surface area contributed by atoms with E-state index >= 15 is 0 Å². The lowest BCUT2D eigenvalue weighted by molar-refractivity contribution is -0.461. The number of alkyl halides is 34. The highest BCUT2D eigenvalue weighted by Crippen LogP contribution is 2.66. The number of esters is 1. The minimum absolute atomic E-state index is 0.165. The molecule has 0 aliphatic carbocycles. The van der Waals surface area contributed by atoms with E-state index in [4.69, 9.17) is 14.2 Å². The second kappa shape index (κ2) is 32.4. The third kappa shape index (κ3) is 20.0. The summed E-state index contributed by atoms with van der Waals surface area (Å²) < 4.78 is 538. The zero-order valence-corrected chi connectivity index (χ0v) is 54.2. The summed E-state index contributed by atoms with van der Waals surface area (Å²) in [6.07, 6.45) is -28.0. The first kappa shape index (κ1) is 95.2. The van der Waals surface area contributed by atoms with E-state index in [-0.39, 0.29) is 40.3 Å². The lowest BCUT2D eigenvalue weighted by atomic mass is 9.88. The van der Waals surface area contributed by atoms with Crippen molar-refractivity contribution in [3.8, 4) is 0 Å². The fraction of sp³-hybridized carbons (Fsp3) is 0.627. The minimum Gasteiger partial charge on any atom is -0.462 e. The number of halogens is 34. The molecule has 616 valence electrons. The third-order valence-electron chi connectivity index (χ3n) is 14.2. The summed E-state index contributed by atoms with van der Waals surface area (Å²) in [6.45, 7) is -0.0834. The van der Waals surface area contributed by atoms with E-state index in [9.17, 15) is 190 Å². The van der Waals surface area contributed by atoms with E-state index in [1.54, 1.807) is 0 Å². The van der Waals surface area contributed by atoms with Gasteiger partial charge in [0.25, 0.3) is 0 Å². The number of nitrogens with one attached hydrogen (secondary N) is 6. The van der Waals surface area contributed by atoms with Gasteiger partial charge in [0.1, 0.15) is 33.0 Å². The Labute approximate surface area is 575 Å². The zero-order valence-electron chi connectivity index (χ0n) is 52.6. The van der Waals surface area contributed by atoms with E-state index < -0.39 is 222 Å². The highest BCUT2D eigenvalue weighted by atomic mass is 32.2. The zero-order chi connectivity index (χ0) is 84.1. The fourth-order valence-corrected chi connectivity index (χ4v) is 9.61. The molecule has 0 heterocycles. The van der Waals surface area contributed by atoms with E-state index in [2.05, 4.69) is 26.7 Å². The van der Waals surface area contributed by atoms with Gasteiger partial charge in [-0.15, -0.1) is 0 Å². The lowest BCUT2D eigenvalue weighted by Crippen LogP contribution is -2.74. The van der Waals surface area contributed by atoms with E-state index in [1.165, 1.54) is 42.3 Å². The van der Waals surface area contributed by atoms with Gasteiger partial charge in [-0.25, -0.2) is 50.3 Å². The molecule has 4 amide bonds. The van der Waals surface area contributed by atoms with Crippen LogP contribution in [0.2, 0.25) is 0 Å². The summed E-state index contributed by atoms with van der Waals surface area (Å²) in [6, 6.07) is 6.50. The smallest absolute Gasteiger partial charge is 0.460 e. The number of carbonyl (C=O) groups excluding carboxylic acids is 5. The maximum atomic E-state index is 14.3. The van der Waals surface area contributed by atoms with Crippen LogP contribution in [-0.4, -0.2) is 200 Å². The van der Waals surface area contributed by atoms with Gasteiger partial charge in [-0.05, 0) is 55.7 Å². The van der Waals surface area contributed by atoms with Gasteiger partial charge in [0.15, 0.2) is 0 Å². The van der Waals surface area contributed by atoms with Gasteiger partial charge in [-0.1, -0.05) is 25.6 Å². The third-order valence-corrected chi connectivity index (χ3v) is 16.9. The molecule has 0 atom stereocenters. The van der Waals surface area contributed by atoms with Gasteiger partial charge >= 0.3 is 126 Å². The molecule has 0 radical (unpaired) electrons. The van der Waals surface area contributed by atoms with Gasteiger partial charge in [-0.2, -0.15) is 149 Å². The second-order valence-electron chi connectivity index (χ2n) is 21.9. The Morgan fingerprint density at radius 3 is 0.916 bits per heavy atom. The first-order valence-corrected chi connectivity index (χ1v) is 31.1. The molecule has 0 unspecified atom stereocenters. The van der Waals surface area contributed by atoms with Crippen LogP contribution in [0.3, 0.4) is 0 Å². The lowest BCUT2D eigenvalue weighted by Gasteiger charge is -2.42. The number of ether oxygens (including phenoxy) is 5. The van der Waals surface area contributed by atoms with Crippen molar-refractivity contribution >= 4 is 73.1 Å². The Morgan fingerprint density at radius 2 is 0.645 bits per heavy atom. The van der Waals surface area contributed by atoms with Gasteiger partial charge in [0.05, 0.1) is 16.9 Å². The Bertz CT molecular complexity index is 3530. The van der Waals surface area contributed by atoms with Crippen LogP contribution in [0.25, 0.3) is 0 Å². The number of anilines is 4. The van der Waals surface area contributed by atoms with Crippen molar-refractivity contribution in [1.29, 1.82) is 0 Å². The van der Waals surface area contributed by atoms with Crippen LogP contribution in [0.1, 0.15) is 37.3 Å². The van der Waals surface area contributed by atoms with Crippen molar-refractivity contribution in [3.05, 3.63) is 60.2 Å². The minimum atomic E-state index is -8.92. The van der Waals surface area contributed by atoms with Gasteiger partial charge in [-0.3, -0.25) is 21.3 Å². The van der Waals surface area contributed by atoms with Gasteiger partial charge in [0, 0.05) is 54.8 Å². The van der Waals surface area contributed by atoms with Crippen LogP contribution in [0.15, 0.2) is 49.1 Å². The van der Waals surface area contributed by atoms with Crippen LogP contribution >= 0.6 is 0 Å². The summed E-state index contributed by atoms with van der Waals surface area (Å²) in [5.41, 5.74) is -2.41. The highest BCUT2D eigenvalue weighted by Gasteiger charge is 2.97. The molecule has 56 heteroatoms. The molecule has 2 aromatic rings. The fourth-order valence-electron chi connectivity index (χ4n) is 7.48. The Balaban J connectivity index is 2.08. The summed E-state index contributed by atoms with van der Waals surface area (Å²) in [4.78, 5) is 63.2. The Hall–Kier alpha value is -7.83. The average molecular weight is 1680 g/mol. The molecular formula is C51H48F34N6O14S2. The number of benzene rings is 2.